The lowest BCUT2D eigenvalue weighted by Crippen LogP contribution is -2.41. The zero-order valence-electron chi connectivity index (χ0n) is 19.5. The molecule has 9 heteroatoms. The number of rotatable bonds is 10. The van der Waals surface area contributed by atoms with Gasteiger partial charge in [0, 0.05) is 6.07 Å². The molecule has 34 heavy (non-hydrogen) atoms. The van der Waals surface area contributed by atoms with Crippen molar-refractivity contribution in [1.82, 2.24) is 5.32 Å². The van der Waals surface area contributed by atoms with Crippen molar-refractivity contribution in [2.24, 2.45) is 0 Å². The lowest BCUT2D eigenvalue weighted by atomic mass is 10.1. The molecule has 0 heterocycles. The van der Waals surface area contributed by atoms with E-state index in [4.69, 9.17) is 14.2 Å². The summed E-state index contributed by atoms with van der Waals surface area (Å²) in [4.78, 5) is 12.9. The Balaban J connectivity index is 1.88. The normalized spacial score (nSPS) is 11.9. The number of carbonyl (C=O) groups is 1. The Morgan fingerprint density at radius 2 is 1.53 bits per heavy atom. The van der Waals surface area contributed by atoms with Gasteiger partial charge < -0.3 is 19.5 Å². The minimum atomic E-state index is -4.10. The van der Waals surface area contributed by atoms with Crippen molar-refractivity contribution in [3.8, 4) is 17.2 Å². The van der Waals surface area contributed by atoms with Crippen molar-refractivity contribution >= 4 is 21.6 Å². The number of nitrogens with one attached hydrogen (secondary N) is 1. The summed E-state index contributed by atoms with van der Waals surface area (Å²) < 4.78 is 43.9. The zero-order chi connectivity index (χ0) is 24.7. The van der Waals surface area contributed by atoms with Gasteiger partial charge in [-0.05, 0) is 48.9 Å². The van der Waals surface area contributed by atoms with Gasteiger partial charge in [0.05, 0.1) is 38.0 Å². The second kappa shape index (κ2) is 10.9. The molecule has 0 saturated heterocycles. The number of ether oxygens (including phenoxy) is 3. The third kappa shape index (κ3) is 5.60. The van der Waals surface area contributed by atoms with E-state index < -0.39 is 22.5 Å². The maximum absolute atomic E-state index is 13.6. The van der Waals surface area contributed by atoms with Crippen molar-refractivity contribution in [1.29, 1.82) is 0 Å². The Kier molecular flexibility index (Phi) is 8.01. The first-order chi connectivity index (χ1) is 16.3. The van der Waals surface area contributed by atoms with Crippen LogP contribution in [0.1, 0.15) is 18.5 Å². The van der Waals surface area contributed by atoms with E-state index in [1.165, 1.54) is 32.4 Å². The van der Waals surface area contributed by atoms with Crippen LogP contribution in [0.15, 0.2) is 77.7 Å². The molecule has 1 atom stereocenters. The third-order valence-corrected chi connectivity index (χ3v) is 7.04. The number of anilines is 1. The predicted molar refractivity (Wildman–Crippen MR) is 130 cm³/mol. The predicted octanol–water partition coefficient (Wildman–Crippen LogP) is 3.79. The summed E-state index contributed by atoms with van der Waals surface area (Å²) in [5.74, 6) is 0.933. The van der Waals surface area contributed by atoms with Gasteiger partial charge in [0.25, 0.3) is 10.0 Å². The number of hydrogen-bond acceptors (Lipinski definition) is 6. The lowest BCUT2D eigenvalue weighted by Gasteiger charge is -2.25. The van der Waals surface area contributed by atoms with E-state index >= 15 is 0 Å². The maximum Gasteiger partial charge on any atom is 0.264 e. The molecule has 0 aliphatic heterocycles. The van der Waals surface area contributed by atoms with Crippen LogP contribution in [0, 0.1) is 0 Å². The highest BCUT2D eigenvalue weighted by atomic mass is 32.2. The molecule has 0 radical (unpaired) electrons. The number of nitrogens with zero attached hydrogens (tertiary/aromatic N) is 1. The summed E-state index contributed by atoms with van der Waals surface area (Å²) in [5, 5.41) is 2.87. The molecule has 180 valence electrons. The third-order valence-electron chi connectivity index (χ3n) is 5.27. The maximum atomic E-state index is 13.6. The van der Waals surface area contributed by atoms with Crippen LogP contribution >= 0.6 is 0 Å². The molecule has 0 aliphatic carbocycles. The topological polar surface area (TPSA) is 94.2 Å². The molecule has 1 N–H and O–H groups in total. The van der Waals surface area contributed by atoms with Gasteiger partial charge in [-0.25, -0.2) is 8.42 Å². The summed E-state index contributed by atoms with van der Waals surface area (Å²) in [6.07, 6.45) is 0. The van der Waals surface area contributed by atoms with E-state index in [1.54, 1.807) is 49.6 Å². The van der Waals surface area contributed by atoms with Gasteiger partial charge in [0.2, 0.25) is 5.91 Å². The van der Waals surface area contributed by atoms with Crippen LogP contribution in [0.3, 0.4) is 0 Å². The van der Waals surface area contributed by atoms with Crippen LogP contribution in [-0.4, -0.2) is 42.2 Å². The average molecular weight is 485 g/mol. The van der Waals surface area contributed by atoms with Crippen LogP contribution in [0.25, 0.3) is 0 Å². The molecule has 3 aromatic rings. The van der Waals surface area contributed by atoms with Gasteiger partial charge >= 0.3 is 0 Å². The number of methoxy groups -OCH3 is 3. The summed E-state index contributed by atoms with van der Waals surface area (Å²) in [5.41, 5.74) is 1.23. The fraction of sp³-hybridized carbons (Fsp3) is 0.240. The molecule has 1 amide bonds. The second-order valence-electron chi connectivity index (χ2n) is 7.43. The van der Waals surface area contributed by atoms with Gasteiger partial charge in [-0.3, -0.25) is 9.10 Å². The van der Waals surface area contributed by atoms with Crippen LogP contribution in [0.4, 0.5) is 5.69 Å². The molecular formula is C25H28N2O6S. The number of amides is 1. The number of para-hydroxylation sites is 1. The van der Waals surface area contributed by atoms with E-state index in [2.05, 4.69) is 5.32 Å². The fourth-order valence-corrected chi connectivity index (χ4v) is 4.84. The molecule has 3 aromatic carbocycles. The molecule has 0 saturated carbocycles. The largest absolute Gasteiger partial charge is 0.497 e. The number of hydrogen-bond donors (Lipinski definition) is 1. The average Bonchev–Trinajstić information content (AvgIpc) is 2.87. The van der Waals surface area contributed by atoms with Crippen LogP contribution in [-0.2, 0) is 14.8 Å². The fourth-order valence-electron chi connectivity index (χ4n) is 3.41. The van der Waals surface area contributed by atoms with Crippen molar-refractivity contribution in [2.45, 2.75) is 17.9 Å². The Labute approximate surface area is 200 Å². The van der Waals surface area contributed by atoms with Crippen LogP contribution < -0.4 is 23.8 Å². The SMILES string of the molecule is COc1ccc([C@@H](C)NC(=O)CN(c2ccccc2)S(=O)(=O)c2ccc(OC)c(OC)c2)cc1. The smallest absolute Gasteiger partial charge is 0.264 e. The molecule has 3 rings (SSSR count). The Bertz CT molecular complexity index is 1210. The van der Waals surface area contributed by atoms with Gasteiger partial charge in [0.15, 0.2) is 11.5 Å². The highest BCUT2D eigenvalue weighted by Gasteiger charge is 2.28. The van der Waals surface area contributed by atoms with Gasteiger partial charge in [-0.15, -0.1) is 0 Å². The van der Waals surface area contributed by atoms with E-state index in [9.17, 15) is 13.2 Å². The lowest BCUT2D eigenvalue weighted by molar-refractivity contribution is -0.120. The van der Waals surface area contributed by atoms with Gasteiger partial charge in [-0.1, -0.05) is 30.3 Å². The van der Waals surface area contributed by atoms with E-state index in [0.717, 1.165) is 9.87 Å². The molecule has 0 spiro atoms. The summed E-state index contributed by atoms with van der Waals surface area (Å²) in [6, 6.07) is 19.7. The highest BCUT2D eigenvalue weighted by molar-refractivity contribution is 7.92. The summed E-state index contributed by atoms with van der Waals surface area (Å²) in [6.45, 7) is 1.43. The van der Waals surface area contributed by atoms with E-state index in [0.29, 0.717) is 17.2 Å². The van der Waals surface area contributed by atoms with Crippen LogP contribution in [0.5, 0.6) is 17.2 Å². The zero-order valence-corrected chi connectivity index (χ0v) is 20.3. The van der Waals surface area contributed by atoms with Crippen molar-refractivity contribution < 1.29 is 27.4 Å². The molecular weight excluding hydrogens is 456 g/mol. The Morgan fingerprint density at radius 3 is 2.12 bits per heavy atom. The summed E-state index contributed by atoms with van der Waals surface area (Å²) in [7, 11) is 0.381. The number of benzene rings is 3. The molecule has 0 unspecified atom stereocenters. The molecule has 0 aromatic heterocycles. The van der Waals surface area contributed by atoms with Crippen molar-refractivity contribution in [3.63, 3.8) is 0 Å². The van der Waals surface area contributed by atoms with E-state index in [1.807, 2.05) is 19.1 Å². The Morgan fingerprint density at radius 1 is 0.882 bits per heavy atom. The minimum Gasteiger partial charge on any atom is -0.497 e. The summed E-state index contributed by atoms with van der Waals surface area (Å²) >= 11 is 0. The highest BCUT2D eigenvalue weighted by Crippen LogP contribution is 2.32. The molecule has 0 fully saturated rings. The van der Waals surface area contributed by atoms with E-state index in [-0.39, 0.29) is 16.7 Å². The monoisotopic (exact) mass is 484 g/mol. The van der Waals surface area contributed by atoms with Crippen molar-refractivity contribution in [2.75, 3.05) is 32.2 Å². The number of sulfonamides is 1. The molecule has 0 bridgehead atoms. The first-order valence-electron chi connectivity index (χ1n) is 10.5. The minimum absolute atomic E-state index is 0.0231. The standard InChI is InChI=1S/C25H28N2O6S/c1-18(19-10-12-21(31-2)13-11-19)26-25(28)17-27(20-8-6-5-7-9-20)34(29,30)22-14-15-23(32-3)24(16-22)33-4/h5-16,18H,17H2,1-4H3,(H,26,28)/t18-/m1/s1. The number of carbonyl (C=O) groups excluding carboxylic acids is 1. The molecule has 8 nitrogen and oxygen atoms in total. The van der Waals surface area contributed by atoms with Gasteiger partial charge in [-0.2, -0.15) is 0 Å². The van der Waals surface area contributed by atoms with Gasteiger partial charge in [0.1, 0.15) is 12.3 Å². The first kappa shape index (κ1) is 24.9. The first-order valence-corrected chi connectivity index (χ1v) is 12.0. The van der Waals surface area contributed by atoms with Crippen molar-refractivity contribution in [3.05, 3.63) is 78.4 Å². The molecule has 0 aliphatic rings. The quantitative estimate of drug-likeness (QED) is 0.471. The second-order valence-corrected chi connectivity index (χ2v) is 9.29. The van der Waals surface area contributed by atoms with Crippen LogP contribution in [0.2, 0.25) is 0 Å². The Hall–Kier alpha value is -3.72.